The number of rotatable bonds is 3. The Morgan fingerprint density at radius 1 is 1.40 bits per heavy atom. The molecule has 5 nitrogen and oxygen atoms in total. The number of methoxy groups -OCH3 is 1. The molecule has 0 radical (unpaired) electrons. The van der Waals surface area contributed by atoms with E-state index in [1.54, 1.807) is 19.2 Å². The van der Waals surface area contributed by atoms with Gasteiger partial charge in [-0.15, -0.1) is 11.8 Å². The van der Waals surface area contributed by atoms with Crippen LogP contribution in [-0.2, 0) is 0 Å². The third-order valence-corrected chi connectivity index (χ3v) is 5.75. The normalized spacial score (nSPS) is 18.9. The van der Waals surface area contributed by atoms with Gasteiger partial charge in [0.1, 0.15) is 5.75 Å². The second-order valence-corrected chi connectivity index (χ2v) is 6.81. The average molecular weight is 309 g/mol. The lowest BCUT2D eigenvalue weighted by atomic mass is 10.2. The predicted octanol–water partition coefficient (Wildman–Crippen LogP) is 2.85. The SMILES string of the molecule is COc1cc(N)ccc1-c1nc(C2CSCCS2)no1. The smallest absolute Gasteiger partial charge is 0.261 e. The molecule has 0 aliphatic carbocycles. The molecule has 0 saturated carbocycles. The lowest BCUT2D eigenvalue weighted by Gasteiger charge is -2.17. The van der Waals surface area contributed by atoms with E-state index in [2.05, 4.69) is 10.1 Å². The molecule has 1 saturated heterocycles. The molecule has 0 bridgehead atoms. The van der Waals surface area contributed by atoms with Gasteiger partial charge in [-0.05, 0) is 12.1 Å². The first-order valence-electron chi connectivity index (χ1n) is 6.25. The molecule has 2 aromatic rings. The summed E-state index contributed by atoms with van der Waals surface area (Å²) in [6, 6.07) is 5.39. The first-order valence-corrected chi connectivity index (χ1v) is 8.45. The van der Waals surface area contributed by atoms with Crippen LogP contribution in [0.15, 0.2) is 22.7 Å². The topological polar surface area (TPSA) is 74.2 Å². The lowest BCUT2D eigenvalue weighted by Crippen LogP contribution is -2.07. The first-order chi connectivity index (χ1) is 9.78. The van der Waals surface area contributed by atoms with Crippen molar-refractivity contribution in [3.05, 3.63) is 24.0 Å². The van der Waals surface area contributed by atoms with Gasteiger partial charge in [-0.25, -0.2) is 0 Å². The molecule has 1 aliphatic heterocycles. The van der Waals surface area contributed by atoms with Gasteiger partial charge in [0.25, 0.3) is 5.89 Å². The number of nitrogens with zero attached hydrogens (tertiary/aromatic N) is 2. The largest absolute Gasteiger partial charge is 0.496 e. The van der Waals surface area contributed by atoms with Crippen molar-refractivity contribution in [1.82, 2.24) is 10.1 Å². The van der Waals surface area contributed by atoms with Crippen LogP contribution in [0.25, 0.3) is 11.5 Å². The molecule has 0 amide bonds. The predicted molar refractivity (Wildman–Crippen MR) is 83.2 cm³/mol. The van der Waals surface area contributed by atoms with Crippen LogP contribution in [0.1, 0.15) is 11.1 Å². The zero-order chi connectivity index (χ0) is 13.9. The van der Waals surface area contributed by atoms with Gasteiger partial charge in [0.2, 0.25) is 0 Å². The van der Waals surface area contributed by atoms with Crippen molar-refractivity contribution in [2.24, 2.45) is 0 Å². The van der Waals surface area contributed by atoms with E-state index in [1.165, 1.54) is 5.75 Å². The van der Waals surface area contributed by atoms with Crippen molar-refractivity contribution in [1.29, 1.82) is 0 Å². The van der Waals surface area contributed by atoms with Crippen molar-refractivity contribution in [3.63, 3.8) is 0 Å². The molecule has 1 atom stereocenters. The second kappa shape index (κ2) is 5.97. The van der Waals surface area contributed by atoms with Gasteiger partial charge in [-0.3, -0.25) is 0 Å². The summed E-state index contributed by atoms with van der Waals surface area (Å²) in [5, 5.41) is 4.42. The maximum Gasteiger partial charge on any atom is 0.261 e. The summed E-state index contributed by atoms with van der Waals surface area (Å²) in [5.74, 6) is 5.24. The monoisotopic (exact) mass is 309 g/mol. The Balaban J connectivity index is 1.89. The van der Waals surface area contributed by atoms with Crippen LogP contribution in [0.4, 0.5) is 5.69 Å². The zero-order valence-electron chi connectivity index (χ0n) is 11.0. The maximum atomic E-state index is 5.75. The van der Waals surface area contributed by atoms with Crippen LogP contribution in [-0.4, -0.2) is 34.5 Å². The summed E-state index contributed by atoms with van der Waals surface area (Å²) in [7, 11) is 1.60. The van der Waals surface area contributed by atoms with Gasteiger partial charge in [-0.1, -0.05) is 5.16 Å². The van der Waals surface area contributed by atoms with Crippen molar-refractivity contribution in [3.8, 4) is 17.2 Å². The quantitative estimate of drug-likeness (QED) is 0.874. The fraction of sp³-hybridized carbons (Fsp3) is 0.385. The molecule has 1 unspecified atom stereocenters. The number of ether oxygens (including phenoxy) is 1. The molecule has 3 rings (SSSR count). The van der Waals surface area contributed by atoms with Crippen molar-refractivity contribution >= 4 is 29.2 Å². The Morgan fingerprint density at radius 3 is 3.05 bits per heavy atom. The number of thioether (sulfide) groups is 2. The standard InChI is InChI=1S/C13H15N3O2S2/c1-17-10-6-8(14)2-3-9(10)13-15-12(16-18-13)11-7-19-4-5-20-11/h2-3,6,11H,4-5,7,14H2,1H3. The minimum absolute atomic E-state index is 0.311. The number of hydrogen-bond acceptors (Lipinski definition) is 7. The van der Waals surface area contributed by atoms with E-state index in [9.17, 15) is 0 Å². The third kappa shape index (κ3) is 2.73. The van der Waals surface area contributed by atoms with Gasteiger partial charge in [0.05, 0.1) is 17.9 Å². The summed E-state index contributed by atoms with van der Waals surface area (Å²) < 4.78 is 10.7. The highest BCUT2D eigenvalue weighted by molar-refractivity contribution is 8.06. The lowest BCUT2D eigenvalue weighted by molar-refractivity contribution is 0.403. The minimum atomic E-state index is 0.311. The molecule has 2 N–H and O–H groups in total. The first kappa shape index (κ1) is 13.6. The Labute approximate surface area is 125 Å². The van der Waals surface area contributed by atoms with Gasteiger partial charge in [0.15, 0.2) is 5.82 Å². The number of benzene rings is 1. The van der Waals surface area contributed by atoms with E-state index in [0.717, 1.165) is 22.9 Å². The minimum Gasteiger partial charge on any atom is -0.496 e. The summed E-state index contributed by atoms with van der Waals surface area (Å²) >= 11 is 3.81. The average Bonchev–Trinajstić information content (AvgIpc) is 2.97. The summed E-state index contributed by atoms with van der Waals surface area (Å²) in [5.41, 5.74) is 7.17. The zero-order valence-corrected chi connectivity index (χ0v) is 12.7. The Bertz CT molecular complexity index is 597. The van der Waals surface area contributed by atoms with Crippen LogP contribution < -0.4 is 10.5 Å². The van der Waals surface area contributed by atoms with E-state index in [-0.39, 0.29) is 0 Å². The number of aromatic nitrogens is 2. The molecular weight excluding hydrogens is 294 g/mol. The molecule has 1 fully saturated rings. The van der Waals surface area contributed by atoms with Gasteiger partial charge in [-0.2, -0.15) is 16.7 Å². The molecule has 1 aromatic heterocycles. The summed E-state index contributed by atoms with van der Waals surface area (Å²) in [6.45, 7) is 0. The molecule has 1 aromatic carbocycles. The molecule has 2 heterocycles. The fourth-order valence-corrected chi connectivity index (χ4v) is 4.59. The van der Waals surface area contributed by atoms with Crippen LogP contribution >= 0.6 is 23.5 Å². The van der Waals surface area contributed by atoms with Crippen LogP contribution in [0, 0.1) is 0 Å². The van der Waals surface area contributed by atoms with Crippen molar-refractivity contribution < 1.29 is 9.26 Å². The van der Waals surface area contributed by atoms with E-state index in [4.69, 9.17) is 15.0 Å². The third-order valence-electron chi connectivity index (χ3n) is 3.00. The van der Waals surface area contributed by atoms with E-state index >= 15 is 0 Å². The van der Waals surface area contributed by atoms with Crippen LogP contribution in [0.2, 0.25) is 0 Å². The highest BCUT2D eigenvalue weighted by Gasteiger charge is 2.23. The summed E-state index contributed by atoms with van der Waals surface area (Å²) in [6.07, 6.45) is 0. The molecule has 106 valence electrons. The number of nitrogens with two attached hydrogens (primary N) is 1. The van der Waals surface area contributed by atoms with Crippen LogP contribution in [0.3, 0.4) is 0 Å². The van der Waals surface area contributed by atoms with E-state index < -0.39 is 0 Å². The Morgan fingerprint density at radius 2 is 2.30 bits per heavy atom. The van der Waals surface area contributed by atoms with Crippen molar-refractivity contribution in [2.75, 3.05) is 30.1 Å². The Kier molecular flexibility index (Phi) is 4.07. The highest BCUT2D eigenvalue weighted by atomic mass is 32.2. The highest BCUT2D eigenvalue weighted by Crippen LogP contribution is 2.37. The molecule has 0 spiro atoms. The molecule has 7 heteroatoms. The maximum absolute atomic E-state index is 5.75. The van der Waals surface area contributed by atoms with Crippen LogP contribution in [0.5, 0.6) is 5.75 Å². The summed E-state index contributed by atoms with van der Waals surface area (Å²) in [4.78, 5) is 4.51. The molecular formula is C13H15N3O2S2. The molecule has 20 heavy (non-hydrogen) atoms. The number of anilines is 1. The number of hydrogen-bond donors (Lipinski definition) is 1. The van der Waals surface area contributed by atoms with Gasteiger partial charge >= 0.3 is 0 Å². The Hall–Kier alpha value is -1.34. The van der Waals surface area contributed by atoms with E-state index in [0.29, 0.717) is 22.6 Å². The molecule has 1 aliphatic rings. The second-order valence-electron chi connectivity index (χ2n) is 4.35. The van der Waals surface area contributed by atoms with Crippen molar-refractivity contribution in [2.45, 2.75) is 5.25 Å². The van der Waals surface area contributed by atoms with E-state index in [1.807, 2.05) is 29.6 Å². The fourth-order valence-electron chi connectivity index (χ4n) is 2.00. The van der Waals surface area contributed by atoms with Gasteiger partial charge in [0, 0.05) is 29.0 Å². The number of nitrogen functional groups attached to an aromatic ring is 1. The van der Waals surface area contributed by atoms with Gasteiger partial charge < -0.3 is 15.0 Å².